The molecule has 0 radical (unpaired) electrons. The number of hydrogen-bond donors (Lipinski definition) is 3. The molecule has 24 heavy (non-hydrogen) atoms. The second kappa shape index (κ2) is 7.64. The molecule has 3 N–H and O–H groups in total. The Labute approximate surface area is 141 Å². The van der Waals surface area contributed by atoms with E-state index in [1.807, 2.05) is 39.0 Å². The van der Waals surface area contributed by atoms with Crippen LogP contribution in [0.2, 0.25) is 0 Å². The SMILES string of the molecule is Cc1cc(C)c(NC(=O)Nc2cccc(CCC(=O)O)c2)c(C)c1. The zero-order valence-electron chi connectivity index (χ0n) is 14.1. The van der Waals surface area contributed by atoms with E-state index in [1.165, 1.54) is 0 Å². The Morgan fingerprint density at radius 3 is 2.29 bits per heavy atom. The molecule has 2 rings (SSSR count). The Kier molecular flexibility index (Phi) is 5.58. The van der Waals surface area contributed by atoms with Gasteiger partial charge in [-0.3, -0.25) is 4.79 Å². The molecule has 0 aliphatic carbocycles. The zero-order valence-corrected chi connectivity index (χ0v) is 14.1. The van der Waals surface area contributed by atoms with Gasteiger partial charge in [0.1, 0.15) is 0 Å². The van der Waals surface area contributed by atoms with Crippen molar-refractivity contribution in [1.82, 2.24) is 0 Å². The molecule has 5 heteroatoms. The molecule has 0 unspecified atom stereocenters. The first-order valence-corrected chi connectivity index (χ1v) is 7.82. The largest absolute Gasteiger partial charge is 0.481 e. The number of carboxylic acid groups (broad SMARTS) is 1. The van der Waals surface area contributed by atoms with Crippen LogP contribution >= 0.6 is 0 Å². The number of carbonyl (C=O) groups excluding carboxylic acids is 1. The number of carbonyl (C=O) groups is 2. The molecule has 0 aromatic heterocycles. The topological polar surface area (TPSA) is 78.4 Å². The van der Waals surface area contributed by atoms with E-state index in [0.717, 1.165) is 27.9 Å². The van der Waals surface area contributed by atoms with Crippen molar-refractivity contribution in [1.29, 1.82) is 0 Å². The van der Waals surface area contributed by atoms with E-state index >= 15 is 0 Å². The lowest BCUT2D eigenvalue weighted by atomic mass is 10.1. The summed E-state index contributed by atoms with van der Waals surface area (Å²) in [6.07, 6.45) is 0.500. The lowest BCUT2D eigenvalue weighted by molar-refractivity contribution is -0.136. The molecule has 126 valence electrons. The maximum Gasteiger partial charge on any atom is 0.323 e. The van der Waals surface area contributed by atoms with Crippen molar-refractivity contribution in [3.05, 3.63) is 58.7 Å². The van der Waals surface area contributed by atoms with Crippen LogP contribution in [0.5, 0.6) is 0 Å². The molecule has 2 amide bonds. The minimum atomic E-state index is -0.837. The minimum Gasteiger partial charge on any atom is -0.481 e. The number of hydrogen-bond acceptors (Lipinski definition) is 2. The van der Waals surface area contributed by atoms with Gasteiger partial charge < -0.3 is 15.7 Å². The van der Waals surface area contributed by atoms with Crippen LogP contribution in [-0.4, -0.2) is 17.1 Å². The summed E-state index contributed by atoms with van der Waals surface area (Å²) in [6, 6.07) is 10.9. The smallest absolute Gasteiger partial charge is 0.323 e. The highest BCUT2D eigenvalue weighted by molar-refractivity contribution is 6.00. The third kappa shape index (κ3) is 4.84. The van der Waals surface area contributed by atoms with Gasteiger partial charge in [-0.2, -0.15) is 0 Å². The zero-order chi connectivity index (χ0) is 17.7. The molecule has 0 saturated carbocycles. The van der Waals surface area contributed by atoms with Gasteiger partial charge in [0.15, 0.2) is 0 Å². The molecule has 2 aromatic rings. The Hall–Kier alpha value is -2.82. The number of anilines is 2. The predicted octanol–water partition coefficient (Wildman–Crippen LogP) is 4.27. The third-order valence-corrected chi connectivity index (χ3v) is 3.73. The fraction of sp³-hybridized carbons (Fsp3) is 0.263. The van der Waals surface area contributed by atoms with Gasteiger partial charge in [-0.25, -0.2) is 4.79 Å². The summed E-state index contributed by atoms with van der Waals surface area (Å²) >= 11 is 0. The number of urea groups is 1. The molecule has 0 fully saturated rings. The highest BCUT2D eigenvalue weighted by Gasteiger charge is 2.09. The first-order chi connectivity index (χ1) is 11.3. The number of aryl methyl sites for hydroxylation is 4. The quantitative estimate of drug-likeness (QED) is 0.767. The fourth-order valence-corrected chi connectivity index (χ4v) is 2.71. The van der Waals surface area contributed by atoms with Gasteiger partial charge in [-0.1, -0.05) is 29.8 Å². The average molecular weight is 326 g/mol. The summed E-state index contributed by atoms with van der Waals surface area (Å²) in [5.74, 6) is -0.837. The van der Waals surface area contributed by atoms with Crippen molar-refractivity contribution < 1.29 is 14.7 Å². The van der Waals surface area contributed by atoms with Gasteiger partial charge in [0.05, 0.1) is 0 Å². The number of amides is 2. The van der Waals surface area contributed by atoms with Crippen LogP contribution in [0, 0.1) is 20.8 Å². The van der Waals surface area contributed by atoms with Crippen molar-refractivity contribution in [2.75, 3.05) is 10.6 Å². The summed E-state index contributed by atoms with van der Waals surface area (Å²) in [6.45, 7) is 5.94. The highest BCUT2D eigenvalue weighted by Crippen LogP contribution is 2.22. The van der Waals surface area contributed by atoms with E-state index in [4.69, 9.17) is 5.11 Å². The van der Waals surface area contributed by atoms with Crippen LogP contribution in [0.15, 0.2) is 36.4 Å². The Morgan fingerprint density at radius 1 is 1.00 bits per heavy atom. The standard InChI is InChI=1S/C19H22N2O3/c1-12-9-13(2)18(14(3)10-12)21-19(24)20-16-6-4-5-15(11-16)7-8-17(22)23/h4-6,9-11H,7-8H2,1-3H3,(H,22,23)(H2,20,21,24). The average Bonchev–Trinajstić information content (AvgIpc) is 2.49. The summed E-state index contributed by atoms with van der Waals surface area (Å²) in [5.41, 5.74) is 5.49. The molecule has 0 aliphatic rings. The Balaban J connectivity index is 2.05. The van der Waals surface area contributed by atoms with E-state index in [2.05, 4.69) is 10.6 Å². The molecule has 5 nitrogen and oxygen atoms in total. The van der Waals surface area contributed by atoms with Crippen LogP contribution in [-0.2, 0) is 11.2 Å². The van der Waals surface area contributed by atoms with Gasteiger partial charge in [0, 0.05) is 17.8 Å². The molecule has 2 aromatic carbocycles. The van der Waals surface area contributed by atoms with Crippen LogP contribution in [0.25, 0.3) is 0 Å². The van der Waals surface area contributed by atoms with E-state index in [0.29, 0.717) is 12.1 Å². The second-order valence-electron chi connectivity index (χ2n) is 5.95. The first-order valence-electron chi connectivity index (χ1n) is 7.82. The van der Waals surface area contributed by atoms with Crippen molar-refractivity contribution in [2.24, 2.45) is 0 Å². The van der Waals surface area contributed by atoms with Gasteiger partial charge in [-0.15, -0.1) is 0 Å². The summed E-state index contributed by atoms with van der Waals surface area (Å²) in [7, 11) is 0. The Bertz CT molecular complexity index is 746. The van der Waals surface area contributed by atoms with Gasteiger partial charge in [-0.05, 0) is 56.0 Å². The van der Waals surface area contributed by atoms with E-state index in [1.54, 1.807) is 18.2 Å². The number of aliphatic carboxylic acids is 1. The predicted molar refractivity (Wildman–Crippen MR) is 95.7 cm³/mol. The molecule has 0 aliphatic heterocycles. The molecule has 0 spiro atoms. The number of rotatable bonds is 5. The second-order valence-corrected chi connectivity index (χ2v) is 5.95. The fourth-order valence-electron chi connectivity index (χ4n) is 2.71. The normalized spacial score (nSPS) is 10.3. The van der Waals surface area contributed by atoms with E-state index in [9.17, 15) is 9.59 Å². The van der Waals surface area contributed by atoms with Crippen molar-refractivity contribution in [2.45, 2.75) is 33.6 Å². The lowest BCUT2D eigenvalue weighted by Gasteiger charge is -2.14. The van der Waals surface area contributed by atoms with Gasteiger partial charge >= 0.3 is 12.0 Å². The summed E-state index contributed by atoms with van der Waals surface area (Å²) < 4.78 is 0. The van der Waals surface area contributed by atoms with Crippen LogP contribution < -0.4 is 10.6 Å². The van der Waals surface area contributed by atoms with E-state index < -0.39 is 5.97 Å². The van der Waals surface area contributed by atoms with Crippen LogP contribution in [0.1, 0.15) is 28.7 Å². The Morgan fingerprint density at radius 2 is 1.67 bits per heavy atom. The maximum absolute atomic E-state index is 12.2. The van der Waals surface area contributed by atoms with Crippen LogP contribution in [0.3, 0.4) is 0 Å². The molecular weight excluding hydrogens is 304 g/mol. The number of nitrogens with one attached hydrogen (secondary N) is 2. The van der Waals surface area contributed by atoms with Crippen molar-refractivity contribution in [3.63, 3.8) is 0 Å². The van der Waals surface area contributed by atoms with Gasteiger partial charge in [0.25, 0.3) is 0 Å². The molecule has 0 atom stereocenters. The molecule has 0 saturated heterocycles. The van der Waals surface area contributed by atoms with E-state index in [-0.39, 0.29) is 12.5 Å². The maximum atomic E-state index is 12.2. The summed E-state index contributed by atoms with van der Waals surface area (Å²) in [5, 5.41) is 14.4. The van der Waals surface area contributed by atoms with Crippen molar-refractivity contribution in [3.8, 4) is 0 Å². The molecule has 0 heterocycles. The number of benzene rings is 2. The lowest BCUT2D eigenvalue weighted by Crippen LogP contribution is -2.20. The van der Waals surface area contributed by atoms with Crippen molar-refractivity contribution >= 4 is 23.4 Å². The van der Waals surface area contributed by atoms with Crippen LogP contribution in [0.4, 0.5) is 16.2 Å². The molecule has 0 bridgehead atoms. The first kappa shape index (κ1) is 17.5. The minimum absolute atomic E-state index is 0.0669. The third-order valence-electron chi connectivity index (χ3n) is 3.73. The van der Waals surface area contributed by atoms with Gasteiger partial charge in [0.2, 0.25) is 0 Å². The highest BCUT2D eigenvalue weighted by atomic mass is 16.4. The number of carboxylic acids is 1. The monoisotopic (exact) mass is 326 g/mol. The summed E-state index contributed by atoms with van der Waals surface area (Å²) in [4.78, 5) is 22.9. The molecular formula is C19H22N2O3.